The van der Waals surface area contributed by atoms with Crippen LogP contribution in [0.25, 0.3) is 0 Å². The molecular weight excluding hydrogens is 364 g/mol. The normalized spacial score (nSPS) is 19.3. The first-order valence-electron chi connectivity index (χ1n) is 11.0. The zero-order valence-corrected chi connectivity index (χ0v) is 17.9. The summed E-state index contributed by atoms with van der Waals surface area (Å²) in [6.45, 7) is 9.34. The minimum atomic E-state index is -0.0192. The molecular formula is C22H36N6O. The van der Waals surface area contributed by atoms with Crippen LogP contribution < -0.4 is 10.6 Å². The zero-order chi connectivity index (χ0) is 20.5. The van der Waals surface area contributed by atoms with Crippen LogP contribution in [0.3, 0.4) is 0 Å². The second kappa shape index (κ2) is 11.0. The number of nitrogens with one attached hydrogen (secondary N) is 2. The van der Waals surface area contributed by atoms with Crippen molar-refractivity contribution in [1.29, 1.82) is 0 Å². The van der Waals surface area contributed by atoms with Gasteiger partial charge >= 0.3 is 0 Å². The van der Waals surface area contributed by atoms with Gasteiger partial charge in [-0.1, -0.05) is 18.2 Å². The van der Waals surface area contributed by atoms with Crippen LogP contribution in [0, 0.1) is 0 Å². The highest BCUT2D eigenvalue weighted by molar-refractivity contribution is 5.82. The first-order valence-corrected chi connectivity index (χ1v) is 11.0. The Morgan fingerprint density at radius 1 is 1.00 bits per heavy atom. The highest BCUT2D eigenvalue weighted by Gasteiger charge is 2.30. The largest absolute Gasteiger partial charge is 0.385 e. The van der Waals surface area contributed by atoms with E-state index in [1.807, 2.05) is 30.1 Å². The Morgan fingerprint density at radius 2 is 1.69 bits per heavy atom. The fourth-order valence-corrected chi connectivity index (χ4v) is 4.09. The van der Waals surface area contributed by atoms with Crippen molar-refractivity contribution in [1.82, 2.24) is 20.0 Å². The van der Waals surface area contributed by atoms with Gasteiger partial charge in [0.1, 0.15) is 0 Å². The molecule has 0 saturated carbocycles. The number of carbonyl (C=O) groups excluding carboxylic acids is 1. The quantitative estimate of drug-likeness (QED) is 0.414. The number of carbonyl (C=O) groups is 1. The summed E-state index contributed by atoms with van der Waals surface area (Å²) in [5.41, 5.74) is 1.16. The van der Waals surface area contributed by atoms with E-state index in [1.54, 1.807) is 0 Å². The predicted octanol–water partition coefficient (Wildman–Crippen LogP) is 1.69. The molecule has 1 aromatic rings. The summed E-state index contributed by atoms with van der Waals surface area (Å²) < 4.78 is 0. The first kappa shape index (κ1) is 21.4. The van der Waals surface area contributed by atoms with Crippen LogP contribution in [0.1, 0.15) is 26.2 Å². The molecule has 3 rings (SSSR count). The molecule has 29 heavy (non-hydrogen) atoms. The van der Waals surface area contributed by atoms with Crippen LogP contribution in [0.4, 0.5) is 5.69 Å². The Labute approximate surface area is 175 Å². The topological polar surface area (TPSA) is 63.2 Å². The van der Waals surface area contributed by atoms with E-state index >= 15 is 0 Å². The maximum absolute atomic E-state index is 12.7. The van der Waals surface area contributed by atoms with Crippen molar-refractivity contribution < 1.29 is 4.79 Å². The van der Waals surface area contributed by atoms with E-state index < -0.39 is 0 Å². The van der Waals surface area contributed by atoms with Gasteiger partial charge in [0.15, 0.2) is 5.96 Å². The Balaban J connectivity index is 1.35. The maximum Gasteiger partial charge on any atom is 0.239 e. The lowest BCUT2D eigenvalue weighted by Gasteiger charge is -2.39. The molecule has 1 amide bonds. The summed E-state index contributed by atoms with van der Waals surface area (Å²) >= 11 is 0. The van der Waals surface area contributed by atoms with Crippen LogP contribution in [0.5, 0.6) is 0 Å². The molecule has 0 aromatic heterocycles. The Bertz CT molecular complexity index is 651. The molecule has 2 saturated heterocycles. The van der Waals surface area contributed by atoms with Gasteiger partial charge in [0.2, 0.25) is 5.91 Å². The molecule has 1 atom stereocenters. The number of rotatable bonds is 7. The van der Waals surface area contributed by atoms with E-state index in [0.29, 0.717) is 5.91 Å². The number of hydrogen-bond donors (Lipinski definition) is 2. The monoisotopic (exact) mass is 400 g/mol. The van der Waals surface area contributed by atoms with Gasteiger partial charge in [0, 0.05) is 65.1 Å². The summed E-state index contributed by atoms with van der Waals surface area (Å²) in [5, 5.41) is 6.91. The molecule has 160 valence electrons. The van der Waals surface area contributed by atoms with E-state index in [2.05, 4.69) is 44.5 Å². The molecule has 2 heterocycles. The van der Waals surface area contributed by atoms with Gasteiger partial charge < -0.3 is 20.4 Å². The fraction of sp³-hybridized carbons (Fsp3) is 0.636. The molecule has 2 aliphatic rings. The molecule has 0 bridgehead atoms. The minimum absolute atomic E-state index is 0.0192. The highest BCUT2D eigenvalue weighted by atomic mass is 16.2. The van der Waals surface area contributed by atoms with Crippen molar-refractivity contribution in [3.05, 3.63) is 30.3 Å². The maximum atomic E-state index is 12.7. The third kappa shape index (κ3) is 6.10. The van der Waals surface area contributed by atoms with Crippen molar-refractivity contribution in [3.8, 4) is 0 Å². The number of aliphatic imine (C=N–C) groups is 1. The van der Waals surface area contributed by atoms with Gasteiger partial charge in [-0.3, -0.25) is 14.7 Å². The predicted molar refractivity (Wildman–Crippen MR) is 119 cm³/mol. The van der Waals surface area contributed by atoms with E-state index in [4.69, 9.17) is 0 Å². The molecule has 0 aliphatic carbocycles. The van der Waals surface area contributed by atoms with Crippen LogP contribution >= 0.6 is 0 Å². The van der Waals surface area contributed by atoms with Crippen molar-refractivity contribution >= 4 is 17.6 Å². The summed E-state index contributed by atoms with van der Waals surface area (Å²) in [6.07, 6.45) is 3.32. The number of likely N-dealkylation sites (tertiary alicyclic amines) is 1. The number of benzene rings is 1. The van der Waals surface area contributed by atoms with Crippen molar-refractivity contribution in [3.63, 3.8) is 0 Å². The number of anilines is 1. The van der Waals surface area contributed by atoms with Crippen LogP contribution in [-0.2, 0) is 4.79 Å². The van der Waals surface area contributed by atoms with Gasteiger partial charge in [-0.15, -0.1) is 0 Å². The van der Waals surface area contributed by atoms with Crippen LogP contribution in [0.15, 0.2) is 35.3 Å². The number of guanidine groups is 1. The fourth-order valence-electron chi connectivity index (χ4n) is 4.09. The number of piperazine rings is 1. The van der Waals surface area contributed by atoms with E-state index in [0.717, 1.165) is 83.3 Å². The van der Waals surface area contributed by atoms with Crippen molar-refractivity contribution in [2.75, 3.05) is 64.7 Å². The van der Waals surface area contributed by atoms with Gasteiger partial charge in [-0.05, 0) is 38.3 Å². The minimum Gasteiger partial charge on any atom is -0.385 e. The van der Waals surface area contributed by atoms with Gasteiger partial charge in [-0.25, -0.2) is 0 Å². The second-order valence-corrected chi connectivity index (χ2v) is 7.85. The van der Waals surface area contributed by atoms with Crippen molar-refractivity contribution in [2.45, 2.75) is 32.2 Å². The zero-order valence-electron chi connectivity index (χ0n) is 17.9. The lowest BCUT2D eigenvalue weighted by Crippen LogP contribution is -2.57. The van der Waals surface area contributed by atoms with E-state index in [-0.39, 0.29) is 6.04 Å². The average molecular weight is 401 g/mol. The standard InChI is InChI=1S/C22H36N6O/c1-19(21(29)27-13-6-7-14-27)26-15-17-28(18-16-26)22(23-2)25-12-8-11-24-20-9-4-3-5-10-20/h3-5,9-10,19,24H,6-8,11-18H2,1-2H3,(H,23,25). The Kier molecular flexibility index (Phi) is 8.16. The number of hydrogen-bond acceptors (Lipinski definition) is 4. The molecule has 2 fully saturated rings. The van der Waals surface area contributed by atoms with Crippen molar-refractivity contribution in [2.24, 2.45) is 4.99 Å². The highest BCUT2D eigenvalue weighted by Crippen LogP contribution is 2.14. The molecule has 2 aliphatic heterocycles. The summed E-state index contributed by atoms with van der Waals surface area (Å²) in [7, 11) is 1.84. The molecule has 1 aromatic carbocycles. The first-order chi connectivity index (χ1) is 14.2. The van der Waals surface area contributed by atoms with E-state index in [9.17, 15) is 4.79 Å². The van der Waals surface area contributed by atoms with E-state index in [1.165, 1.54) is 0 Å². The van der Waals surface area contributed by atoms with Crippen LogP contribution in [-0.4, -0.2) is 92.0 Å². The molecule has 7 nitrogen and oxygen atoms in total. The Morgan fingerprint density at radius 3 is 2.34 bits per heavy atom. The number of para-hydroxylation sites is 1. The lowest BCUT2D eigenvalue weighted by atomic mass is 10.2. The molecule has 2 N–H and O–H groups in total. The summed E-state index contributed by atoms with van der Waals surface area (Å²) in [5.74, 6) is 1.26. The van der Waals surface area contributed by atoms with Gasteiger partial charge in [-0.2, -0.15) is 0 Å². The summed E-state index contributed by atoms with van der Waals surface area (Å²) in [6, 6.07) is 10.3. The smallest absolute Gasteiger partial charge is 0.239 e. The van der Waals surface area contributed by atoms with Crippen LogP contribution in [0.2, 0.25) is 0 Å². The molecule has 0 radical (unpaired) electrons. The van der Waals surface area contributed by atoms with Gasteiger partial charge in [0.25, 0.3) is 0 Å². The third-order valence-electron chi connectivity index (χ3n) is 5.89. The average Bonchev–Trinajstić information content (AvgIpc) is 3.31. The lowest BCUT2D eigenvalue weighted by molar-refractivity contribution is -0.135. The molecule has 0 spiro atoms. The number of amides is 1. The van der Waals surface area contributed by atoms with Gasteiger partial charge in [0.05, 0.1) is 6.04 Å². The molecule has 1 unspecified atom stereocenters. The Hall–Kier alpha value is -2.28. The third-order valence-corrected chi connectivity index (χ3v) is 5.89. The summed E-state index contributed by atoms with van der Waals surface area (Å²) in [4.78, 5) is 23.7. The molecule has 7 heteroatoms. The SMILES string of the molecule is CN=C(NCCCNc1ccccc1)N1CCN(C(C)C(=O)N2CCCC2)CC1. The number of nitrogens with zero attached hydrogens (tertiary/aromatic N) is 4. The second-order valence-electron chi connectivity index (χ2n) is 7.85.